The molecule has 7 heteroatoms. The number of hydrogen-bond acceptors (Lipinski definition) is 3. The van der Waals surface area contributed by atoms with Crippen LogP contribution in [0.4, 0.5) is 11.4 Å². The van der Waals surface area contributed by atoms with E-state index in [9.17, 15) is 14.4 Å². The van der Waals surface area contributed by atoms with E-state index in [1.165, 1.54) is 18.7 Å². The van der Waals surface area contributed by atoms with E-state index in [1.807, 2.05) is 0 Å². The zero-order valence-corrected chi connectivity index (χ0v) is 15.9. The number of Topliss-reactive ketones (excluding diaryl/α,β-unsaturated/α-hetero) is 1. The van der Waals surface area contributed by atoms with Crippen LogP contribution in [0.1, 0.15) is 30.6 Å². The van der Waals surface area contributed by atoms with E-state index < -0.39 is 0 Å². The third-order valence-corrected chi connectivity index (χ3v) is 4.45. The second kappa shape index (κ2) is 8.83. The molecule has 1 N–H and O–H groups in total. The SMILES string of the molecule is CC(=O)c1cccc(NC(=O)CCN(C(C)=O)c2ccc(Cl)c(Cl)c2)c1. The number of halogens is 2. The van der Waals surface area contributed by atoms with E-state index in [0.29, 0.717) is 27.0 Å². The topological polar surface area (TPSA) is 66.5 Å². The predicted octanol–water partition coefficient (Wildman–Crippen LogP) is 4.58. The third kappa shape index (κ3) is 5.31. The molecule has 5 nitrogen and oxygen atoms in total. The maximum absolute atomic E-state index is 12.2. The summed E-state index contributed by atoms with van der Waals surface area (Å²) in [5.74, 6) is -0.560. The van der Waals surface area contributed by atoms with Gasteiger partial charge in [-0.25, -0.2) is 0 Å². The van der Waals surface area contributed by atoms with Crippen molar-refractivity contribution in [2.45, 2.75) is 20.3 Å². The molecule has 0 atom stereocenters. The summed E-state index contributed by atoms with van der Waals surface area (Å²) in [7, 11) is 0. The van der Waals surface area contributed by atoms with Crippen molar-refractivity contribution >= 4 is 52.2 Å². The Morgan fingerprint density at radius 3 is 2.35 bits per heavy atom. The van der Waals surface area contributed by atoms with E-state index in [4.69, 9.17) is 23.2 Å². The number of hydrogen-bond donors (Lipinski definition) is 1. The summed E-state index contributed by atoms with van der Waals surface area (Å²) in [5, 5.41) is 3.45. The van der Waals surface area contributed by atoms with Gasteiger partial charge in [-0.2, -0.15) is 0 Å². The summed E-state index contributed by atoms with van der Waals surface area (Å²) in [4.78, 5) is 37.0. The lowest BCUT2D eigenvalue weighted by atomic mass is 10.1. The Bertz CT molecular complexity index is 852. The molecule has 136 valence electrons. The van der Waals surface area contributed by atoms with Crippen molar-refractivity contribution in [1.29, 1.82) is 0 Å². The summed E-state index contributed by atoms with van der Waals surface area (Å²) in [6.07, 6.45) is 0.0874. The van der Waals surface area contributed by atoms with Gasteiger partial charge in [0, 0.05) is 36.8 Å². The summed E-state index contributed by atoms with van der Waals surface area (Å²) >= 11 is 11.9. The van der Waals surface area contributed by atoms with E-state index in [-0.39, 0.29) is 30.6 Å². The standard InChI is InChI=1S/C19H18Cl2N2O3/c1-12(24)14-4-3-5-15(10-14)22-19(26)8-9-23(13(2)25)16-6-7-17(20)18(21)11-16/h3-7,10-11H,8-9H2,1-2H3,(H,22,26). The van der Waals surface area contributed by atoms with Crippen LogP contribution in [-0.2, 0) is 9.59 Å². The van der Waals surface area contributed by atoms with Gasteiger partial charge in [0.25, 0.3) is 0 Å². The highest BCUT2D eigenvalue weighted by Crippen LogP contribution is 2.27. The average Bonchev–Trinajstić information content (AvgIpc) is 2.58. The molecule has 26 heavy (non-hydrogen) atoms. The Morgan fingerprint density at radius 2 is 1.73 bits per heavy atom. The van der Waals surface area contributed by atoms with E-state index in [0.717, 1.165) is 0 Å². The molecule has 0 radical (unpaired) electrons. The van der Waals surface area contributed by atoms with Gasteiger partial charge in [-0.1, -0.05) is 35.3 Å². The van der Waals surface area contributed by atoms with Crippen molar-refractivity contribution < 1.29 is 14.4 Å². The van der Waals surface area contributed by atoms with Crippen LogP contribution in [0.2, 0.25) is 10.0 Å². The summed E-state index contributed by atoms with van der Waals surface area (Å²) in [6.45, 7) is 3.06. The minimum atomic E-state index is -0.267. The van der Waals surface area contributed by atoms with Crippen LogP contribution >= 0.6 is 23.2 Å². The molecule has 2 aromatic carbocycles. The van der Waals surface area contributed by atoms with Gasteiger partial charge in [-0.3, -0.25) is 14.4 Å². The first kappa shape index (κ1) is 19.9. The van der Waals surface area contributed by atoms with Crippen LogP contribution < -0.4 is 10.2 Å². The Morgan fingerprint density at radius 1 is 1.00 bits per heavy atom. The molecule has 0 aliphatic rings. The van der Waals surface area contributed by atoms with Gasteiger partial charge >= 0.3 is 0 Å². The monoisotopic (exact) mass is 392 g/mol. The van der Waals surface area contributed by atoms with Crippen LogP contribution in [0, 0.1) is 0 Å². The summed E-state index contributed by atoms with van der Waals surface area (Å²) in [5.41, 5.74) is 1.62. The number of amides is 2. The first-order chi connectivity index (χ1) is 12.3. The van der Waals surface area contributed by atoms with Crippen molar-refractivity contribution in [1.82, 2.24) is 0 Å². The lowest BCUT2D eigenvalue weighted by Gasteiger charge is -2.21. The number of ketones is 1. The zero-order chi connectivity index (χ0) is 19.3. The molecule has 0 saturated heterocycles. The highest BCUT2D eigenvalue weighted by atomic mass is 35.5. The predicted molar refractivity (Wildman–Crippen MR) is 104 cm³/mol. The number of carbonyl (C=O) groups is 3. The number of nitrogens with zero attached hydrogens (tertiary/aromatic N) is 1. The van der Waals surface area contributed by atoms with E-state index >= 15 is 0 Å². The molecule has 0 fully saturated rings. The number of anilines is 2. The van der Waals surface area contributed by atoms with Gasteiger partial charge in [0.05, 0.1) is 10.0 Å². The summed E-state index contributed by atoms with van der Waals surface area (Å²) in [6, 6.07) is 11.5. The van der Waals surface area contributed by atoms with Crippen LogP contribution in [0.5, 0.6) is 0 Å². The molecule has 0 spiro atoms. The van der Waals surface area contributed by atoms with Crippen LogP contribution in [0.15, 0.2) is 42.5 Å². The van der Waals surface area contributed by atoms with Gasteiger partial charge in [-0.15, -0.1) is 0 Å². The van der Waals surface area contributed by atoms with Gasteiger partial charge in [0.2, 0.25) is 11.8 Å². The summed E-state index contributed by atoms with van der Waals surface area (Å²) < 4.78 is 0. The minimum absolute atomic E-state index is 0.0801. The normalized spacial score (nSPS) is 10.3. The Labute approximate surface area is 161 Å². The van der Waals surface area contributed by atoms with Crippen molar-refractivity contribution in [3.8, 4) is 0 Å². The van der Waals surface area contributed by atoms with E-state index in [2.05, 4.69) is 5.32 Å². The lowest BCUT2D eigenvalue weighted by Crippen LogP contribution is -2.32. The zero-order valence-electron chi connectivity index (χ0n) is 14.4. The molecular weight excluding hydrogens is 375 g/mol. The highest BCUT2D eigenvalue weighted by molar-refractivity contribution is 6.42. The Kier molecular flexibility index (Phi) is 6.77. The molecule has 0 unspecified atom stereocenters. The lowest BCUT2D eigenvalue weighted by molar-refractivity contribution is -0.117. The van der Waals surface area contributed by atoms with Gasteiger partial charge in [-0.05, 0) is 37.3 Å². The molecule has 0 aromatic heterocycles. The first-order valence-electron chi connectivity index (χ1n) is 7.92. The van der Waals surface area contributed by atoms with Crippen molar-refractivity contribution in [2.75, 3.05) is 16.8 Å². The maximum atomic E-state index is 12.2. The van der Waals surface area contributed by atoms with Gasteiger partial charge in [0.15, 0.2) is 5.78 Å². The molecular formula is C19H18Cl2N2O3. The highest BCUT2D eigenvalue weighted by Gasteiger charge is 2.15. The number of nitrogens with one attached hydrogen (secondary N) is 1. The second-order valence-corrected chi connectivity index (χ2v) is 6.52. The van der Waals surface area contributed by atoms with Crippen molar-refractivity contribution in [3.05, 3.63) is 58.1 Å². The van der Waals surface area contributed by atoms with Crippen LogP contribution in [0.25, 0.3) is 0 Å². The maximum Gasteiger partial charge on any atom is 0.226 e. The van der Waals surface area contributed by atoms with Crippen LogP contribution in [-0.4, -0.2) is 24.1 Å². The quantitative estimate of drug-likeness (QED) is 0.731. The smallest absolute Gasteiger partial charge is 0.226 e. The number of carbonyl (C=O) groups excluding carboxylic acids is 3. The fraction of sp³-hybridized carbons (Fsp3) is 0.211. The molecule has 2 aromatic rings. The number of benzene rings is 2. The minimum Gasteiger partial charge on any atom is -0.326 e. The number of rotatable bonds is 6. The molecule has 0 aliphatic heterocycles. The van der Waals surface area contributed by atoms with Crippen molar-refractivity contribution in [2.24, 2.45) is 0 Å². The molecule has 2 amide bonds. The first-order valence-corrected chi connectivity index (χ1v) is 8.67. The fourth-order valence-electron chi connectivity index (χ4n) is 2.37. The molecule has 0 aliphatic carbocycles. The molecule has 0 bridgehead atoms. The average molecular weight is 393 g/mol. The van der Waals surface area contributed by atoms with Crippen molar-refractivity contribution in [3.63, 3.8) is 0 Å². The third-order valence-electron chi connectivity index (χ3n) is 3.71. The second-order valence-electron chi connectivity index (χ2n) is 5.70. The Hall–Kier alpha value is -2.37. The fourth-order valence-corrected chi connectivity index (χ4v) is 2.67. The van der Waals surface area contributed by atoms with Gasteiger partial charge in [0.1, 0.15) is 0 Å². The largest absolute Gasteiger partial charge is 0.326 e. The van der Waals surface area contributed by atoms with Gasteiger partial charge < -0.3 is 10.2 Å². The van der Waals surface area contributed by atoms with E-state index in [1.54, 1.807) is 42.5 Å². The molecule has 0 saturated carbocycles. The Balaban J connectivity index is 2.03. The molecule has 0 heterocycles. The molecule has 2 rings (SSSR count). The van der Waals surface area contributed by atoms with Crippen LogP contribution in [0.3, 0.4) is 0 Å².